The van der Waals surface area contributed by atoms with E-state index in [9.17, 15) is 4.79 Å². The quantitative estimate of drug-likeness (QED) is 0.454. The van der Waals surface area contributed by atoms with Crippen molar-refractivity contribution in [1.29, 1.82) is 0 Å². The zero-order chi connectivity index (χ0) is 22.5. The van der Waals surface area contributed by atoms with Crippen LogP contribution in [-0.2, 0) is 0 Å². The minimum Gasteiger partial charge on any atom is -0.493 e. The van der Waals surface area contributed by atoms with Gasteiger partial charge in [-0.15, -0.1) is 0 Å². The van der Waals surface area contributed by atoms with Gasteiger partial charge in [0.05, 0.1) is 23.2 Å². The molecule has 0 radical (unpaired) electrons. The van der Waals surface area contributed by atoms with E-state index in [1.54, 1.807) is 6.07 Å². The highest BCUT2D eigenvalue weighted by Crippen LogP contribution is 2.31. The van der Waals surface area contributed by atoms with E-state index in [1.807, 2.05) is 37.3 Å². The summed E-state index contributed by atoms with van der Waals surface area (Å²) in [7, 11) is 0. The Labute approximate surface area is 194 Å². The van der Waals surface area contributed by atoms with Gasteiger partial charge in [0.2, 0.25) is 0 Å². The van der Waals surface area contributed by atoms with Gasteiger partial charge in [0.15, 0.2) is 0 Å². The van der Waals surface area contributed by atoms with E-state index in [0.29, 0.717) is 41.4 Å². The van der Waals surface area contributed by atoms with Gasteiger partial charge < -0.3 is 19.9 Å². The smallest absolute Gasteiger partial charge is 0.251 e. The first-order chi connectivity index (χ1) is 15.5. The number of nitrogens with one attached hydrogen (secondary N) is 2. The molecule has 1 aliphatic rings. The van der Waals surface area contributed by atoms with E-state index in [-0.39, 0.29) is 5.91 Å². The number of amides is 1. The molecule has 2 aromatic carbocycles. The molecule has 6 nitrogen and oxygen atoms in total. The molecule has 3 aromatic rings. The predicted molar refractivity (Wildman–Crippen MR) is 130 cm³/mol. The summed E-state index contributed by atoms with van der Waals surface area (Å²) in [6.07, 6.45) is 4.83. The standard InChI is InChI=1S/C25H31ClN4O2/c1-3-32-23-15-18(25(31)27-12-6-14-30-13-5-4-7-17(30)2)8-10-20(23)24-28-21-11-9-19(26)16-22(21)29-24/h8-11,15-17H,3-7,12-14H2,1-2H3,(H,27,31)(H,28,29). The Morgan fingerprint density at radius 1 is 1.28 bits per heavy atom. The van der Waals surface area contributed by atoms with E-state index in [2.05, 4.69) is 27.1 Å². The molecule has 1 saturated heterocycles. The number of benzene rings is 2. The van der Waals surface area contributed by atoms with Gasteiger partial charge in [0.25, 0.3) is 5.91 Å². The van der Waals surface area contributed by atoms with Gasteiger partial charge >= 0.3 is 0 Å². The number of ether oxygens (including phenoxy) is 1. The molecule has 1 unspecified atom stereocenters. The summed E-state index contributed by atoms with van der Waals surface area (Å²) in [6, 6.07) is 11.7. The molecule has 4 rings (SSSR count). The number of likely N-dealkylation sites (tertiary alicyclic amines) is 1. The van der Waals surface area contributed by atoms with E-state index in [0.717, 1.165) is 29.6 Å². The molecule has 0 saturated carbocycles. The maximum absolute atomic E-state index is 12.7. The fourth-order valence-corrected chi connectivity index (χ4v) is 4.49. The van der Waals surface area contributed by atoms with Crippen LogP contribution in [0.1, 0.15) is 49.9 Å². The van der Waals surface area contributed by atoms with Gasteiger partial charge in [0, 0.05) is 29.7 Å². The van der Waals surface area contributed by atoms with Gasteiger partial charge in [-0.3, -0.25) is 4.79 Å². The normalized spacial score (nSPS) is 16.9. The van der Waals surface area contributed by atoms with Crippen molar-refractivity contribution in [3.8, 4) is 17.1 Å². The highest BCUT2D eigenvalue weighted by molar-refractivity contribution is 6.31. The van der Waals surface area contributed by atoms with Crippen molar-refractivity contribution in [3.05, 3.63) is 47.0 Å². The highest BCUT2D eigenvalue weighted by Gasteiger charge is 2.18. The molecular weight excluding hydrogens is 424 g/mol. The number of carbonyl (C=O) groups is 1. The maximum Gasteiger partial charge on any atom is 0.251 e. The third-order valence-electron chi connectivity index (χ3n) is 6.09. The number of aromatic amines is 1. The first kappa shape index (κ1) is 22.6. The number of H-pyrrole nitrogens is 1. The van der Waals surface area contributed by atoms with Crippen LogP contribution < -0.4 is 10.1 Å². The molecule has 32 heavy (non-hydrogen) atoms. The molecule has 1 amide bonds. The number of hydrogen-bond acceptors (Lipinski definition) is 4. The van der Waals surface area contributed by atoms with Crippen molar-refractivity contribution in [2.24, 2.45) is 0 Å². The zero-order valence-corrected chi connectivity index (χ0v) is 19.5. The molecular formula is C25H31ClN4O2. The molecule has 0 bridgehead atoms. The van der Waals surface area contributed by atoms with Gasteiger partial charge in [-0.2, -0.15) is 0 Å². The number of nitrogens with zero attached hydrogens (tertiary/aromatic N) is 2. The largest absolute Gasteiger partial charge is 0.493 e. The first-order valence-corrected chi connectivity index (χ1v) is 11.9. The molecule has 0 spiro atoms. The number of halogens is 1. The van der Waals surface area contributed by atoms with Crippen molar-refractivity contribution in [2.45, 2.75) is 45.6 Å². The topological polar surface area (TPSA) is 70.2 Å². The Bertz CT molecular complexity index is 1080. The molecule has 2 heterocycles. The number of imidazole rings is 1. The predicted octanol–water partition coefficient (Wildman–Crippen LogP) is 5.28. The van der Waals surface area contributed by atoms with Gasteiger partial charge in [-0.25, -0.2) is 4.98 Å². The third-order valence-corrected chi connectivity index (χ3v) is 6.33. The van der Waals surface area contributed by atoms with E-state index < -0.39 is 0 Å². The van der Waals surface area contributed by atoms with Crippen LogP contribution in [-0.4, -0.2) is 53.1 Å². The van der Waals surface area contributed by atoms with Crippen LogP contribution in [0.5, 0.6) is 5.75 Å². The molecule has 170 valence electrons. The fourth-order valence-electron chi connectivity index (χ4n) is 4.32. The van der Waals surface area contributed by atoms with Crippen molar-refractivity contribution < 1.29 is 9.53 Å². The second-order valence-corrected chi connectivity index (χ2v) is 8.82. The highest BCUT2D eigenvalue weighted by atomic mass is 35.5. The van der Waals surface area contributed by atoms with E-state index in [1.165, 1.54) is 25.8 Å². The van der Waals surface area contributed by atoms with Crippen LogP contribution in [0.4, 0.5) is 0 Å². The Hall–Kier alpha value is -2.57. The average Bonchev–Trinajstić information content (AvgIpc) is 3.20. The minimum atomic E-state index is -0.0828. The maximum atomic E-state index is 12.7. The molecule has 1 aliphatic heterocycles. The van der Waals surface area contributed by atoms with Crippen molar-refractivity contribution >= 4 is 28.5 Å². The summed E-state index contributed by atoms with van der Waals surface area (Å²) in [5.41, 5.74) is 3.09. The Morgan fingerprint density at radius 3 is 2.97 bits per heavy atom. The second-order valence-electron chi connectivity index (χ2n) is 8.38. The number of rotatable bonds is 8. The van der Waals surface area contributed by atoms with E-state index in [4.69, 9.17) is 16.3 Å². The molecule has 7 heteroatoms. The van der Waals surface area contributed by atoms with Crippen LogP contribution in [0.3, 0.4) is 0 Å². The van der Waals surface area contributed by atoms with Crippen LogP contribution in [0.2, 0.25) is 5.02 Å². The number of carbonyl (C=O) groups excluding carboxylic acids is 1. The van der Waals surface area contributed by atoms with Gasteiger partial charge in [-0.05, 0) is 76.1 Å². The molecule has 2 N–H and O–H groups in total. The van der Waals surface area contributed by atoms with Crippen LogP contribution in [0.25, 0.3) is 22.4 Å². The monoisotopic (exact) mass is 454 g/mol. The lowest BCUT2D eigenvalue weighted by molar-refractivity contribution is 0.0948. The summed E-state index contributed by atoms with van der Waals surface area (Å²) in [5.74, 6) is 1.24. The summed E-state index contributed by atoms with van der Waals surface area (Å²) in [6.45, 7) is 7.58. The Morgan fingerprint density at radius 2 is 2.16 bits per heavy atom. The SMILES string of the molecule is CCOc1cc(C(=O)NCCCN2CCCCC2C)ccc1-c1nc2ccc(Cl)cc2[nH]1. The molecule has 0 aliphatic carbocycles. The van der Waals surface area contributed by atoms with Gasteiger partial charge in [-0.1, -0.05) is 18.0 Å². The molecule has 1 aromatic heterocycles. The second kappa shape index (κ2) is 10.4. The summed E-state index contributed by atoms with van der Waals surface area (Å²) < 4.78 is 5.85. The Balaban J connectivity index is 1.42. The van der Waals surface area contributed by atoms with Crippen LogP contribution in [0, 0.1) is 0 Å². The zero-order valence-electron chi connectivity index (χ0n) is 18.8. The summed E-state index contributed by atoms with van der Waals surface area (Å²) in [5, 5.41) is 3.70. The summed E-state index contributed by atoms with van der Waals surface area (Å²) in [4.78, 5) is 23.2. The molecule has 1 atom stereocenters. The number of hydrogen-bond donors (Lipinski definition) is 2. The molecule has 1 fully saturated rings. The van der Waals surface area contributed by atoms with E-state index >= 15 is 0 Å². The van der Waals surface area contributed by atoms with Crippen LogP contribution >= 0.6 is 11.6 Å². The number of piperidine rings is 1. The van der Waals surface area contributed by atoms with Gasteiger partial charge in [0.1, 0.15) is 11.6 Å². The Kier molecular flexibility index (Phi) is 7.33. The van der Waals surface area contributed by atoms with Crippen molar-refractivity contribution in [1.82, 2.24) is 20.2 Å². The van der Waals surface area contributed by atoms with Crippen molar-refractivity contribution in [3.63, 3.8) is 0 Å². The minimum absolute atomic E-state index is 0.0828. The lowest BCUT2D eigenvalue weighted by Crippen LogP contribution is -2.39. The number of aromatic nitrogens is 2. The lowest BCUT2D eigenvalue weighted by atomic mass is 10.0. The van der Waals surface area contributed by atoms with Crippen LogP contribution in [0.15, 0.2) is 36.4 Å². The average molecular weight is 455 g/mol. The summed E-state index contributed by atoms with van der Waals surface area (Å²) >= 11 is 6.09. The first-order valence-electron chi connectivity index (χ1n) is 11.5. The van der Waals surface area contributed by atoms with Crippen molar-refractivity contribution in [2.75, 3.05) is 26.2 Å². The number of fused-ring (bicyclic) bond motifs is 1. The third kappa shape index (κ3) is 5.25. The lowest BCUT2D eigenvalue weighted by Gasteiger charge is -2.33. The fraction of sp³-hybridized carbons (Fsp3) is 0.440.